The lowest BCUT2D eigenvalue weighted by Gasteiger charge is -2.37. The Morgan fingerprint density at radius 1 is 1.32 bits per heavy atom. The van der Waals surface area contributed by atoms with Crippen LogP contribution >= 0.6 is 0 Å². The van der Waals surface area contributed by atoms with Crippen molar-refractivity contribution < 1.29 is 9.59 Å². The van der Waals surface area contributed by atoms with Gasteiger partial charge in [0.2, 0.25) is 11.8 Å². The second-order valence-corrected chi connectivity index (χ2v) is 7.76. The third-order valence-electron chi connectivity index (χ3n) is 4.94. The Bertz CT molecular complexity index is 599. The van der Waals surface area contributed by atoms with E-state index in [-0.39, 0.29) is 23.3 Å². The van der Waals surface area contributed by atoms with E-state index in [1.807, 2.05) is 6.92 Å². The van der Waals surface area contributed by atoms with E-state index in [9.17, 15) is 9.59 Å². The molecule has 0 bridgehead atoms. The van der Waals surface area contributed by atoms with E-state index in [0.717, 1.165) is 19.4 Å². The maximum absolute atomic E-state index is 12.4. The quantitative estimate of drug-likeness (QED) is 0.879. The van der Waals surface area contributed by atoms with Crippen LogP contribution in [-0.4, -0.2) is 35.9 Å². The number of aromatic nitrogens is 1. The fourth-order valence-electron chi connectivity index (χ4n) is 3.21. The van der Waals surface area contributed by atoms with Crippen LogP contribution in [0, 0.1) is 11.3 Å². The number of hydrogen-bond donors (Lipinski definition) is 2. The van der Waals surface area contributed by atoms with Crippen molar-refractivity contribution in [2.24, 2.45) is 11.3 Å². The van der Waals surface area contributed by atoms with Gasteiger partial charge in [-0.05, 0) is 49.8 Å². The molecule has 1 aliphatic heterocycles. The third kappa shape index (κ3) is 5.01. The molecule has 1 saturated heterocycles. The first kappa shape index (κ1) is 19.4. The molecule has 0 aliphatic carbocycles. The van der Waals surface area contributed by atoms with E-state index in [0.29, 0.717) is 24.0 Å². The Hall–Kier alpha value is -1.95. The summed E-state index contributed by atoms with van der Waals surface area (Å²) in [6, 6.07) is 3.37. The molecule has 1 aliphatic rings. The average molecular weight is 346 g/mol. The number of piperidine rings is 1. The zero-order valence-electron chi connectivity index (χ0n) is 15.9. The van der Waals surface area contributed by atoms with Crippen molar-refractivity contribution in [3.05, 3.63) is 18.3 Å². The second-order valence-electron chi connectivity index (χ2n) is 7.76. The number of carbonyl (C=O) groups is 2. The zero-order chi connectivity index (χ0) is 18.6. The van der Waals surface area contributed by atoms with Crippen molar-refractivity contribution in [3.8, 4) is 0 Å². The highest BCUT2D eigenvalue weighted by Gasteiger charge is 2.32. The molecule has 0 saturated carbocycles. The van der Waals surface area contributed by atoms with Gasteiger partial charge in [0.05, 0.1) is 17.9 Å². The van der Waals surface area contributed by atoms with Crippen LogP contribution in [-0.2, 0) is 9.59 Å². The van der Waals surface area contributed by atoms with Crippen LogP contribution in [0.1, 0.15) is 47.5 Å². The fraction of sp³-hybridized carbons (Fsp3) is 0.632. The Labute approximate surface area is 150 Å². The summed E-state index contributed by atoms with van der Waals surface area (Å²) in [5, 5.41) is 6.28. The molecule has 0 radical (unpaired) electrons. The number of nitrogens with one attached hydrogen (secondary N) is 2. The van der Waals surface area contributed by atoms with E-state index < -0.39 is 0 Å². The molecule has 138 valence electrons. The molecule has 2 N–H and O–H groups in total. The molecule has 0 spiro atoms. The molecular weight excluding hydrogens is 316 g/mol. The molecule has 1 aromatic rings. The first-order chi connectivity index (χ1) is 11.7. The number of nitrogens with zero attached hydrogens (tertiary/aromatic N) is 2. The summed E-state index contributed by atoms with van der Waals surface area (Å²) in [6.45, 7) is 11.6. The van der Waals surface area contributed by atoms with Gasteiger partial charge < -0.3 is 10.6 Å². The van der Waals surface area contributed by atoms with Crippen molar-refractivity contribution in [1.29, 1.82) is 0 Å². The monoisotopic (exact) mass is 346 g/mol. The van der Waals surface area contributed by atoms with Crippen LogP contribution in [0.2, 0.25) is 0 Å². The van der Waals surface area contributed by atoms with Crippen molar-refractivity contribution >= 4 is 23.3 Å². The van der Waals surface area contributed by atoms with Gasteiger partial charge in [0.25, 0.3) is 0 Å². The first-order valence-corrected chi connectivity index (χ1v) is 9.00. The normalized spacial score (nSPS) is 20.8. The van der Waals surface area contributed by atoms with Crippen molar-refractivity contribution in [2.75, 3.05) is 23.3 Å². The lowest BCUT2D eigenvalue weighted by atomic mass is 9.75. The summed E-state index contributed by atoms with van der Waals surface area (Å²) in [5.41, 5.74) is 0.906. The molecule has 2 unspecified atom stereocenters. The van der Waals surface area contributed by atoms with Crippen molar-refractivity contribution in [3.63, 3.8) is 0 Å². The van der Waals surface area contributed by atoms with Gasteiger partial charge in [0, 0.05) is 13.5 Å². The summed E-state index contributed by atoms with van der Waals surface area (Å²) in [7, 11) is 0. The Morgan fingerprint density at radius 2 is 2.04 bits per heavy atom. The molecule has 6 heteroatoms. The van der Waals surface area contributed by atoms with Crippen molar-refractivity contribution in [2.45, 2.75) is 53.5 Å². The van der Waals surface area contributed by atoms with Crippen LogP contribution in [0.3, 0.4) is 0 Å². The largest absolute Gasteiger partial charge is 0.323 e. The summed E-state index contributed by atoms with van der Waals surface area (Å²) >= 11 is 0. The maximum atomic E-state index is 12.4. The van der Waals surface area contributed by atoms with Crippen LogP contribution < -0.4 is 15.5 Å². The smallest absolute Gasteiger partial charge is 0.241 e. The van der Waals surface area contributed by atoms with Crippen LogP contribution in [0.4, 0.5) is 11.5 Å². The zero-order valence-corrected chi connectivity index (χ0v) is 15.9. The topological polar surface area (TPSA) is 74.3 Å². The van der Waals surface area contributed by atoms with Gasteiger partial charge in [0.15, 0.2) is 0 Å². The Morgan fingerprint density at radius 3 is 2.48 bits per heavy atom. The van der Waals surface area contributed by atoms with Gasteiger partial charge in [-0.1, -0.05) is 20.8 Å². The van der Waals surface area contributed by atoms with Crippen LogP contribution in [0.25, 0.3) is 0 Å². The van der Waals surface area contributed by atoms with E-state index in [1.54, 1.807) is 23.2 Å². The number of anilines is 2. The van der Waals surface area contributed by atoms with Gasteiger partial charge in [-0.15, -0.1) is 0 Å². The maximum Gasteiger partial charge on any atom is 0.241 e. The van der Waals surface area contributed by atoms with Gasteiger partial charge in [-0.2, -0.15) is 0 Å². The predicted octanol–water partition coefficient (Wildman–Crippen LogP) is 2.81. The minimum atomic E-state index is -0.164. The summed E-state index contributed by atoms with van der Waals surface area (Å²) in [6.07, 6.45) is 3.49. The molecule has 6 nitrogen and oxygen atoms in total. The minimum Gasteiger partial charge on any atom is -0.323 e. The SMILES string of the molecule is CCN(C(C)=O)c1ccc(NC(=O)C2CCC(C(C)(C)C)CN2)cn1. The average Bonchev–Trinajstić information content (AvgIpc) is 2.56. The lowest BCUT2D eigenvalue weighted by Crippen LogP contribution is -2.48. The third-order valence-corrected chi connectivity index (χ3v) is 4.94. The highest BCUT2D eigenvalue weighted by atomic mass is 16.2. The highest BCUT2D eigenvalue weighted by Crippen LogP contribution is 2.32. The highest BCUT2D eigenvalue weighted by molar-refractivity contribution is 5.95. The van der Waals surface area contributed by atoms with E-state index in [1.165, 1.54) is 6.92 Å². The van der Waals surface area contributed by atoms with Crippen LogP contribution in [0.15, 0.2) is 18.3 Å². The number of amides is 2. The molecule has 2 heterocycles. The number of carbonyl (C=O) groups excluding carboxylic acids is 2. The fourth-order valence-corrected chi connectivity index (χ4v) is 3.21. The molecule has 2 atom stereocenters. The Kier molecular flexibility index (Phi) is 6.16. The van der Waals surface area contributed by atoms with E-state index >= 15 is 0 Å². The van der Waals surface area contributed by atoms with Gasteiger partial charge in [-0.3, -0.25) is 14.5 Å². The van der Waals surface area contributed by atoms with Gasteiger partial charge in [0.1, 0.15) is 5.82 Å². The van der Waals surface area contributed by atoms with E-state index in [2.05, 4.69) is 36.4 Å². The van der Waals surface area contributed by atoms with Crippen molar-refractivity contribution in [1.82, 2.24) is 10.3 Å². The predicted molar refractivity (Wildman–Crippen MR) is 101 cm³/mol. The van der Waals surface area contributed by atoms with Gasteiger partial charge >= 0.3 is 0 Å². The molecule has 25 heavy (non-hydrogen) atoms. The molecule has 2 amide bonds. The van der Waals surface area contributed by atoms with Gasteiger partial charge in [-0.25, -0.2) is 4.98 Å². The number of hydrogen-bond acceptors (Lipinski definition) is 4. The van der Waals surface area contributed by atoms with Crippen LogP contribution in [0.5, 0.6) is 0 Å². The second kappa shape index (κ2) is 7.95. The molecule has 0 aromatic carbocycles. The number of rotatable bonds is 4. The molecular formula is C19H30N4O2. The minimum absolute atomic E-state index is 0.0270. The lowest BCUT2D eigenvalue weighted by molar-refractivity contribution is -0.119. The first-order valence-electron chi connectivity index (χ1n) is 9.00. The summed E-state index contributed by atoms with van der Waals surface area (Å²) in [4.78, 5) is 29.9. The molecule has 1 aromatic heterocycles. The number of pyridine rings is 1. The van der Waals surface area contributed by atoms with E-state index in [4.69, 9.17) is 0 Å². The molecule has 1 fully saturated rings. The summed E-state index contributed by atoms with van der Waals surface area (Å²) in [5.74, 6) is 1.10. The Balaban J connectivity index is 1.92. The molecule has 2 rings (SSSR count). The summed E-state index contributed by atoms with van der Waals surface area (Å²) < 4.78 is 0. The standard InChI is InChI=1S/C19H30N4O2/c1-6-23(13(2)24)17-10-8-15(12-21-17)22-18(25)16-9-7-14(11-20-16)19(3,4)5/h8,10,12,14,16,20H,6-7,9,11H2,1-5H3,(H,22,25).